The van der Waals surface area contributed by atoms with Gasteiger partial charge in [-0.2, -0.15) is 0 Å². The Balaban J connectivity index is 1.19. The van der Waals surface area contributed by atoms with Crippen molar-refractivity contribution in [1.82, 2.24) is 20.2 Å². The second-order valence-corrected chi connectivity index (χ2v) is 8.37. The van der Waals surface area contributed by atoms with Crippen LogP contribution >= 0.6 is 11.3 Å². The van der Waals surface area contributed by atoms with Crippen molar-refractivity contribution in [2.24, 2.45) is 5.92 Å². The van der Waals surface area contributed by atoms with E-state index in [9.17, 15) is 4.79 Å². The third-order valence-corrected chi connectivity index (χ3v) is 6.35. The SMILES string of the molecule is Cc1ccsc1CN1CC2(CC[C@H](CNC(=O)c3cnccn3)CO2)C1. The molecule has 1 amide bonds. The summed E-state index contributed by atoms with van der Waals surface area (Å²) in [5.74, 6) is 0.203. The van der Waals surface area contributed by atoms with E-state index < -0.39 is 0 Å². The van der Waals surface area contributed by atoms with Crippen LogP contribution in [0.1, 0.15) is 33.8 Å². The zero-order valence-corrected chi connectivity index (χ0v) is 15.8. The molecule has 2 fully saturated rings. The summed E-state index contributed by atoms with van der Waals surface area (Å²) in [5.41, 5.74) is 1.79. The maximum absolute atomic E-state index is 12.0. The topological polar surface area (TPSA) is 67.4 Å². The molecule has 0 bridgehead atoms. The Morgan fingerprint density at radius 2 is 2.35 bits per heavy atom. The zero-order chi connectivity index (χ0) is 18.0. The Hall–Kier alpha value is -1.83. The predicted molar refractivity (Wildman–Crippen MR) is 100 cm³/mol. The summed E-state index contributed by atoms with van der Waals surface area (Å²) in [5, 5.41) is 5.11. The second kappa shape index (κ2) is 7.42. The van der Waals surface area contributed by atoms with Gasteiger partial charge in [-0.1, -0.05) is 0 Å². The Morgan fingerprint density at radius 3 is 3.00 bits per heavy atom. The van der Waals surface area contributed by atoms with E-state index in [2.05, 4.69) is 38.6 Å². The number of nitrogens with zero attached hydrogens (tertiary/aromatic N) is 3. The summed E-state index contributed by atoms with van der Waals surface area (Å²) >= 11 is 1.84. The van der Waals surface area contributed by atoms with E-state index in [-0.39, 0.29) is 11.5 Å². The third kappa shape index (κ3) is 3.79. The standard InChI is InChI=1S/C19H24N4O2S/c1-14-3-7-26-17(14)10-23-12-19(13-23)4-2-15(11-25-19)8-22-18(24)16-9-20-5-6-21-16/h3,5-7,9,15H,2,4,8,10-13H2,1H3,(H,22,24)/t15-/m1/s1. The van der Waals surface area contributed by atoms with Crippen LogP contribution < -0.4 is 5.32 Å². The highest BCUT2D eigenvalue weighted by molar-refractivity contribution is 7.10. The first kappa shape index (κ1) is 17.6. The van der Waals surface area contributed by atoms with E-state index in [0.29, 0.717) is 24.8 Å². The minimum Gasteiger partial charge on any atom is -0.372 e. The minimum atomic E-state index is -0.167. The van der Waals surface area contributed by atoms with Gasteiger partial charge in [0.15, 0.2) is 0 Å². The lowest BCUT2D eigenvalue weighted by Crippen LogP contribution is -2.64. The van der Waals surface area contributed by atoms with Gasteiger partial charge < -0.3 is 10.1 Å². The molecule has 2 saturated heterocycles. The first-order valence-electron chi connectivity index (χ1n) is 9.07. The molecule has 0 unspecified atom stereocenters. The van der Waals surface area contributed by atoms with Crippen molar-refractivity contribution in [1.29, 1.82) is 0 Å². The van der Waals surface area contributed by atoms with E-state index in [0.717, 1.165) is 32.5 Å². The van der Waals surface area contributed by atoms with Crippen LogP contribution in [0.3, 0.4) is 0 Å². The van der Waals surface area contributed by atoms with Gasteiger partial charge >= 0.3 is 0 Å². The van der Waals surface area contributed by atoms with E-state index in [4.69, 9.17) is 4.74 Å². The van der Waals surface area contributed by atoms with Gasteiger partial charge in [-0.25, -0.2) is 4.98 Å². The van der Waals surface area contributed by atoms with Crippen molar-refractivity contribution in [3.8, 4) is 0 Å². The number of ether oxygens (including phenoxy) is 1. The van der Waals surface area contributed by atoms with Gasteiger partial charge in [0, 0.05) is 43.4 Å². The van der Waals surface area contributed by atoms with E-state index >= 15 is 0 Å². The van der Waals surface area contributed by atoms with E-state index in [1.807, 2.05) is 11.3 Å². The molecular weight excluding hydrogens is 348 g/mol. The molecule has 1 spiro atoms. The molecule has 4 heterocycles. The van der Waals surface area contributed by atoms with Crippen LogP contribution in [-0.4, -0.2) is 52.6 Å². The average Bonchev–Trinajstić information content (AvgIpc) is 3.05. The monoisotopic (exact) mass is 372 g/mol. The number of aryl methyl sites for hydroxylation is 1. The summed E-state index contributed by atoms with van der Waals surface area (Å²) in [6.45, 7) is 6.59. The molecule has 4 rings (SSSR count). The summed E-state index contributed by atoms with van der Waals surface area (Å²) in [4.78, 5) is 23.9. The third-order valence-electron chi connectivity index (χ3n) is 5.34. The van der Waals surface area contributed by atoms with Crippen LogP contribution in [0.5, 0.6) is 0 Å². The second-order valence-electron chi connectivity index (χ2n) is 7.37. The highest BCUT2D eigenvalue weighted by Gasteiger charge is 2.46. The van der Waals surface area contributed by atoms with Crippen LogP contribution in [-0.2, 0) is 11.3 Å². The number of aromatic nitrogens is 2. The predicted octanol–water partition coefficient (Wildman–Crippen LogP) is 2.26. The lowest BCUT2D eigenvalue weighted by atomic mass is 9.83. The van der Waals surface area contributed by atoms with Crippen LogP contribution in [0.4, 0.5) is 0 Å². The number of thiophene rings is 1. The van der Waals surface area contributed by atoms with Crippen LogP contribution in [0.25, 0.3) is 0 Å². The molecule has 1 atom stereocenters. The van der Waals surface area contributed by atoms with E-state index in [1.54, 1.807) is 6.20 Å². The smallest absolute Gasteiger partial charge is 0.271 e. The van der Waals surface area contributed by atoms with Crippen molar-refractivity contribution < 1.29 is 9.53 Å². The van der Waals surface area contributed by atoms with Crippen molar-refractivity contribution in [2.45, 2.75) is 31.9 Å². The average molecular weight is 372 g/mol. The maximum Gasteiger partial charge on any atom is 0.271 e. The molecule has 0 aromatic carbocycles. The molecule has 0 saturated carbocycles. The molecule has 138 valence electrons. The number of likely N-dealkylation sites (tertiary alicyclic amines) is 1. The first-order chi connectivity index (χ1) is 12.6. The van der Waals surface area contributed by atoms with Gasteiger partial charge in [-0.15, -0.1) is 11.3 Å². The highest BCUT2D eigenvalue weighted by atomic mass is 32.1. The fourth-order valence-electron chi connectivity index (χ4n) is 3.72. The largest absolute Gasteiger partial charge is 0.372 e. The molecule has 26 heavy (non-hydrogen) atoms. The minimum absolute atomic E-state index is 0.0383. The van der Waals surface area contributed by atoms with E-state index in [1.165, 1.54) is 22.8 Å². The Bertz CT molecular complexity index is 748. The fourth-order valence-corrected chi connectivity index (χ4v) is 4.67. The number of rotatable bonds is 5. The fraction of sp³-hybridized carbons (Fsp3) is 0.526. The van der Waals surface area contributed by atoms with Crippen molar-refractivity contribution in [3.05, 3.63) is 46.2 Å². The summed E-state index contributed by atoms with van der Waals surface area (Å²) in [6, 6.07) is 2.19. The van der Waals surface area contributed by atoms with Crippen molar-refractivity contribution in [3.63, 3.8) is 0 Å². The Morgan fingerprint density at radius 1 is 1.46 bits per heavy atom. The number of nitrogens with one attached hydrogen (secondary N) is 1. The molecule has 2 aliphatic rings. The number of carbonyl (C=O) groups excluding carboxylic acids is 1. The molecule has 0 aliphatic carbocycles. The molecule has 6 nitrogen and oxygen atoms in total. The molecule has 7 heteroatoms. The maximum atomic E-state index is 12.0. The first-order valence-corrected chi connectivity index (χ1v) is 9.95. The molecule has 1 N–H and O–H groups in total. The van der Waals surface area contributed by atoms with Crippen molar-refractivity contribution in [2.75, 3.05) is 26.2 Å². The van der Waals surface area contributed by atoms with Gasteiger partial charge in [-0.05, 0) is 42.7 Å². The summed E-state index contributed by atoms with van der Waals surface area (Å²) in [6.07, 6.45) is 6.74. The van der Waals surface area contributed by atoms with Crippen LogP contribution in [0.15, 0.2) is 30.0 Å². The van der Waals surface area contributed by atoms with Gasteiger partial charge in [0.05, 0.1) is 18.4 Å². The molecule has 2 aromatic heterocycles. The van der Waals surface area contributed by atoms with Crippen LogP contribution in [0.2, 0.25) is 0 Å². The number of carbonyl (C=O) groups is 1. The number of amides is 1. The van der Waals surface area contributed by atoms with Crippen molar-refractivity contribution >= 4 is 17.2 Å². The molecule has 2 aromatic rings. The Labute approximate surface area is 157 Å². The molecular formula is C19H24N4O2S. The lowest BCUT2D eigenvalue weighted by Gasteiger charge is -2.53. The molecule has 2 aliphatic heterocycles. The van der Waals surface area contributed by atoms with Gasteiger partial charge in [0.25, 0.3) is 5.91 Å². The summed E-state index contributed by atoms with van der Waals surface area (Å²) in [7, 11) is 0. The van der Waals surface area contributed by atoms with Gasteiger partial charge in [0.2, 0.25) is 0 Å². The lowest BCUT2D eigenvalue weighted by molar-refractivity contribution is -0.181. The number of hydrogen-bond acceptors (Lipinski definition) is 6. The zero-order valence-electron chi connectivity index (χ0n) is 15.0. The molecule has 0 radical (unpaired) electrons. The highest BCUT2D eigenvalue weighted by Crippen LogP contribution is 2.37. The van der Waals surface area contributed by atoms with Gasteiger partial charge in [-0.3, -0.25) is 14.7 Å². The quantitative estimate of drug-likeness (QED) is 0.872. The summed E-state index contributed by atoms with van der Waals surface area (Å²) < 4.78 is 6.21. The van der Waals surface area contributed by atoms with Crippen LogP contribution in [0, 0.1) is 12.8 Å². The normalized spacial score (nSPS) is 22.1. The Kier molecular flexibility index (Phi) is 5.02. The number of hydrogen-bond donors (Lipinski definition) is 1. The van der Waals surface area contributed by atoms with Gasteiger partial charge in [0.1, 0.15) is 5.69 Å².